The Bertz CT molecular complexity index is 877. The molecule has 0 fully saturated rings. The number of pyridine rings is 2. The maximum atomic E-state index is 6.06. The highest BCUT2D eigenvalue weighted by Gasteiger charge is 2.16. The Morgan fingerprint density at radius 2 is 1.83 bits per heavy atom. The highest BCUT2D eigenvalue weighted by Crippen LogP contribution is 2.37. The zero-order valence-electron chi connectivity index (χ0n) is 13.5. The van der Waals surface area contributed by atoms with Crippen molar-refractivity contribution in [2.24, 2.45) is 0 Å². The number of fused-ring (bicyclic) bond motifs is 1. The fourth-order valence-electron chi connectivity index (χ4n) is 3.12. The molecule has 0 unspecified atom stereocenters. The van der Waals surface area contributed by atoms with E-state index in [1.807, 2.05) is 36.4 Å². The summed E-state index contributed by atoms with van der Waals surface area (Å²) in [6, 6.07) is 13.8. The van der Waals surface area contributed by atoms with Gasteiger partial charge in [-0.1, -0.05) is 18.2 Å². The summed E-state index contributed by atoms with van der Waals surface area (Å²) in [5.74, 6) is 2.08. The number of aromatic nitrogens is 2. The molecule has 0 amide bonds. The van der Waals surface area contributed by atoms with Crippen LogP contribution < -0.4 is 9.47 Å². The van der Waals surface area contributed by atoms with E-state index in [1.165, 1.54) is 17.7 Å². The number of methoxy groups -OCH3 is 1. The van der Waals surface area contributed by atoms with Gasteiger partial charge in [0.25, 0.3) is 0 Å². The van der Waals surface area contributed by atoms with E-state index in [4.69, 9.17) is 9.47 Å². The molecule has 1 aliphatic rings. The molecule has 24 heavy (non-hydrogen) atoms. The van der Waals surface area contributed by atoms with Crippen molar-refractivity contribution in [2.75, 3.05) is 7.11 Å². The van der Waals surface area contributed by atoms with E-state index >= 15 is 0 Å². The second kappa shape index (κ2) is 6.32. The van der Waals surface area contributed by atoms with Crippen LogP contribution in [-0.2, 0) is 12.8 Å². The molecule has 2 aromatic heterocycles. The molecule has 2 heterocycles. The number of hydrogen-bond donors (Lipinski definition) is 0. The lowest BCUT2D eigenvalue weighted by molar-refractivity contribution is 0.415. The topological polar surface area (TPSA) is 44.2 Å². The summed E-state index contributed by atoms with van der Waals surface area (Å²) < 4.78 is 11.5. The molecule has 4 heteroatoms. The highest BCUT2D eigenvalue weighted by molar-refractivity contribution is 5.74. The molecule has 3 aromatic rings. The molecule has 0 N–H and O–H groups in total. The molecule has 0 bridgehead atoms. The molecule has 0 saturated carbocycles. The number of aryl methyl sites for hydroxylation is 2. The van der Waals surface area contributed by atoms with Crippen molar-refractivity contribution >= 4 is 0 Å². The van der Waals surface area contributed by atoms with Gasteiger partial charge in [-0.2, -0.15) is 0 Å². The Kier molecular flexibility index (Phi) is 3.87. The van der Waals surface area contributed by atoms with Crippen LogP contribution in [-0.4, -0.2) is 17.1 Å². The van der Waals surface area contributed by atoms with Crippen LogP contribution in [0.2, 0.25) is 0 Å². The molecule has 1 aliphatic carbocycles. The van der Waals surface area contributed by atoms with Crippen LogP contribution in [0.3, 0.4) is 0 Å². The Labute approximate surface area is 141 Å². The van der Waals surface area contributed by atoms with E-state index in [0.717, 1.165) is 35.5 Å². The minimum absolute atomic E-state index is 0.557. The maximum absolute atomic E-state index is 6.06. The molecule has 0 spiro atoms. The van der Waals surface area contributed by atoms with Crippen molar-refractivity contribution in [2.45, 2.75) is 19.3 Å². The predicted molar refractivity (Wildman–Crippen MR) is 92.6 cm³/mol. The number of para-hydroxylation sites is 1. The first-order valence-electron chi connectivity index (χ1n) is 8.09. The second-order valence-electron chi connectivity index (χ2n) is 5.79. The molecule has 1 aromatic carbocycles. The summed E-state index contributed by atoms with van der Waals surface area (Å²) in [6.07, 6.45) is 6.81. The van der Waals surface area contributed by atoms with Gasteiger partial charge >= 0.3 is 0 Å². The summed E-state index contributed by atoms with van der Waals surface area (Å²) in [5, 5.41) is 0. The Morgan fingerprint density at radius 1 is 0.958 bits per heavy atom. The van der Waals surface area contributed by atoms with E-state index in [2.05, 4.69) is 16.0 Å². The average Bonchev–Trinajstić information content (AvgIpc) is 3.10. The minimum Gasteiger partial charge on any atom is -0.496 e. The second-order valence-corrected chi connectivity index (χ2v) is 5.79. The van der Waals surface area contributed by atoms with Crippen molar-refractivity contribution in [3.05, 3.63) is 66.1 Å². The van der Waals surface area contributed by atoms with Gasteiger partial charge in [0.15, 0.2) is 0 Å². The van der Waals surface area contributed by atoms with Gasteiger partial charge in [0.1, 0.15) is 11.5 Å². The summed E-state index contributed by atoms with van der Waals surface area (Å²) in [4.78, 5) is 8.93. The predicted octanol–water partition coefficient (Wildman–Crippen LogP) is 4.43. The largest absolute Gasteiger partial charge is 0.496 e. The molecular weight excluding hydrogens is 300 g/mol. The number of rotatable bonds is 4. The SMILES string of the molecule is COc1ccccc1-c1cccnc1Oc1cnc2c(c1)CCC2. The monoisotopic (exact) mass is 318 g/mol. The van der Waals surface area contributed by atoms with Crippen LogP contribution >= 0.6 is 0 Å². The third kappa shape index (κ3) is 2.71. The molecule has 0 radical (unpaired) electrons. The van der Waals surface area contributed by atoms with E-state index in [9.17, 15) is 0 Å². The number of benzene rings is 1. The fraction of sp³-hybridized carbons (Fsp3) is 0.200. The van der Waals surface area contributed by atoms with Gasteiger partial charge in [0.05, 0.1) is 13.3 Å². The first-order valence-corrected chi connectivity index (χ1v) is 8.09. The van der Waals surface area contributed by atoms with Crippen molar-refractivity contribution < 1.29 is 9.47 Å². The van der Waals surface area contributed by atoms with Crippen molar-refractivity contribution in [3.63, 3.8) is 0 Å². The van der Waals surface area contributed by atoms with Gasteiger partial charge in [-0.15, -0.1) is 0 Å². The van der Waals surface area contributed by atoms with Gasteiger partial charge in [-0.25, -0.2) is 4.98 Å². The third-order valence-electron chi connectivity index (χ3n) is 4.28. The van der Waals surface area contributed by atoms with Gasteiger partial charge in [0, 0.05) is 23.0 Å². The Hall–Kier alpha value is -2.88. The average molecular weight is 318 g/mol. The number of nitrogens with zero attached hydrogens (tertiary/aromatic N) is 2. The van der Waals surface area contributed by atoms with Crippen LogP contribution in [0, 0.1) is 0 Å². The van der Waals surface area contributed by atoms with Gasteiger partial charge < -0.3 is 9.47 Å². The molecule has 0 atom stereocenters. The normalized spacial score (nSPS) is 12.7. The standard InChI is InChI=1S/C20H18N2O2/c1-23-19-10-3-2-7-16(19)17-8-5-11-21-20(17)24-15-12-14-6-4-9-18(14)22-13-15/h2-3,5,7-8,10-13H,4,6,9H2,1H3. The van der Waals surface area contributed by atoms with E-state index in [0.29, 0.717) is 5.88 Å². The van der Waals surface area contributed by atoms with E-state index in [-0.39, 0.29) is 0 Å². The lowest BCUT2D eigenvalue weighted by Crippen LogP contribution is -1.95. The van der Waals surface area contributed by atoms with E-state index in [1.54, 1.807) is 19.5 Å². The maximum Gasteiger partial charge on any atom is 0.227 e. The summed E-state index contributed by atoms with van der Waals surface area (Å²) in [6.45, 7) is 0. The van der Waals surface area contributed by atoms with Crippen LogP contribution in [0.25, 0.3) is 11.1 Å². The Balaban J connectivity index is 1.72. The molecular formula is C20H18N2O2. The van der Waals surface area contributed by atoms with Crippen molar-refractivity contribution in [1.82, 2.24) is 9.97 Å². The third-order valence-corrected chi connectivity index (χ3v) is 4.28. The first-order chi connectivity index (χ1) is 11.8. The van der Waals surface area contributed by atoms with Crippen LogP contribution in [0.1, 0.15) is 17.7 Å². The lowest BCUT2D eigenvalue weighted by atomic mass is 10.1. The van der Waals surface area contributed by atoms with Crippen molar-refractivity contribution in [3.8, 4) is 28.5 Å². The van der Waals surface area contributed by atoms with Crippen molar-refractivity contribution in [1.29, 1.82) is 0 Å². The Morgan fingerprint density at radius 3 is 2.75 bits per heavy atom. The molecule has 4 nitrogen and oxygen atoms in total. The summed E-state index contributed by atoms with van der Waals surface area (Å²) in [5.41, 5.74) is 4.32. The van der Waals surface area contributed by atoms with Crippen LogP contribution in [0.4, 0.5) is 0 Å². The number of hydrogen-bond acceptors (Lipinski definition) is 4. The summed E-state index contributed by atoms with van der Waals surface area (Å²) in [7, 11) is 1.67. The molecule has 120 valence electrons. The first kappa shape index (κ1) is 14.7. The zero-order chi connectivity index (χ0) is 16.4. The van der Waals surface area contributed by atoms with Gasteiger partial charge in [0.2, 0.25) is 5.88 Å². The molecule has 0 aliphatic heterocycles. The smallest absolute Gasteiger partial charge is 0.227 e. The fourth-order valence-corrected chi connectivity index (χ4v) is 3.12. The highest BCUT2D eigenvalue weighted by atomic mass is 16.5. The van der Waals surface area contributed by atoms with Crippen LogP contribution in [0.5, 0.6) is 17.4 Å². The molecule has 4 rings (SSSR count). The quantitative estimate of drug-likeness (QED) is 0.713. The zero-order valence-corrected chi connectivity index (χ0v) is 13.5. The van der Waals surface area contributed by atoms with Gasteiger partial charge in [-0.05, 0) is 49.1 Å². The minimum atomic E-state index is 0.557. The van der Waals surface area contributed by atoms with E-state index < -0.39 is 0 Å². The van der Waals surface area contributed by atoms with Gasteiger partial charge in [-0.3, -0.25) is 4.98 Å². The number of ether oxygens (including phenoxy) is 2. The lowest BCUT2D eigenvalue weighted by Gasteiger charge is -2.13. The summed E-state index contributed by atoms with van der Waals surface area (Å²) >= 11 is 0. The van der Waals surface area contributed by atoms with Crippen LogP contribution in [0.15, 0.2) is 54.9 Å². The molecule has 0 saturated heterocycles.